The van der Waals surface area contributed by atoms with Gasteiger partial charge in [0.1, 0.15) is 0 Å². The molecule has 1 aliphatic carbocycles. The van der Waals surface area contributed by atoms with Crippen LogP contribution in [0.25, 0.3) is 0 Å². The first kappa shape index (κ1) is 14.9. The van der Waals surface area contributed by atoms with E-state index in [0.717, 1.165) is 19.0 Å². The fourth-order valence-corrected chi connectivity index (χ4v) is 3.88. The lowest BCUT2D eigenvalue weighted by Gasteiger charge is -2.49. The Bertz CT molecular complexity index is 518. The summed E-state index contributed by atoms with van der Waals surface area (Å²) in [6.45, 7) is 13.9. The molecule has 2 fully saturated rings. The third-order valence-electron chi connectivity index (χ3n) is 5.75. The van der Waals surface area contributed by atoms with Crippen LogP contribution in [0, 0.1) is 25.7 Å². The van der Waals surface area contributed by atoms with Crippen LogP contribution >= 0.6 is 0 Å². The maximum atomic E-state index is 3.88. The lowest BCUT2D eigenvalue weighted by Crippen LogP contribution is -2.65. The number of anilines is 1. The zero-order valence-electron chi connectivity index (χ0n) is 14.2. The monoisotopic (exact) mass is 286 g/mol. The van der Waals surface area contributed by atoms with E-state index in [9.17, 15) is 0 Å². The average Bonchev–Trinajstić information content (AvgIpc) is 3.26. The number of nitrogens with zero attached hydrogens (tertiary/aromatic N) is 1. The Morgan fingerprint density at radius 3 is 2.57 bits per heavy atom. The van der Waals surface area contributed by atoms with Crippen LogP contribution in [0.5, 0.6) is 0 Å². The SMILES string of the molecule is Cc1cccc(N2CC(C)(C3CC3)NCC2C(C)C)c1C. The minimum absolute atomic E-state index is 0.293. The highest BCUT2D eigenvalue weighted by atomic mass is 15.3. The zero-order chi connectivity index (χ0) is 15.2. The normalized spacial score (nSPS) is 30.0. The van der Waals surface area contributed by atoms with Gasteiger partial charge < -0.3 is 10.2 Å². The van der Waals surface area contributed by atoms with Gasteiger partial charge in [-0.1, -0.05) is 26.0 Å². The van der Waals surface area contributed by atoms with E-state index < -0.39 is 0 Å². The van der Waals surface area contributed by atoms with E-state index in [1.807, 2.05) is 0 Å². The van der Waals surface area contributed by atoms with Crippen molar-refractivity contribution in [1.29, 1.82) is 0 Å². The Morgan fingerprint density at radius 1 is 1.24 bits per heavy atom. The van der Waals surface area contributed by atoms with Crippen LogP contribution in [0.1, 0.15) is 44.7 Å². The molecule has 0 aromatic heterocycles. The number of benzene rings is 1. The Labute approximate surface area is 129 Å². The van der Waals surface area contributed by atoms with E-state index in [2.05, 4.69) is 63.0 Å². The highest BCUT2D eigenvalue weighted by Crippen LogP contribution is 2.43. The standard InChI is InChI=1S/C19H30N2/c1-13(2)18-11-20-19(5,16-9-10-16)12-21(18)17-8-6-7-14(3)15(17)4/h6-8,13,16,18,20H,9-12H2,1-5H3. The van der Waals surface area contributed by atoms with E-state index in [1.54, 1.807) is 0 Å². The van der Waals surface area contributed by atoms with Crippen molar-refractivity contribution in [1.82, 2.24) is 5.32 Å². The average molecular weight is 286 g/mol. The lowest BCUT2D eigenvalue weighted by molar-refractivity contribution is 0.233. The second-order valence-electron chi connectivity index (χ2n) is 7.73. The summed E-state index contributed by atoms with van der Waals surface area (Å²) in [7, 11) is 0. The summed E-state index contributed by atoms with van der Waals surface area (Å²) in [6.07, 6.45) is 2.80. The van der Waals surface area contributed by atoms with Crippen molar-refractivity contribution in [2.24, 2.45) is 11.8 Å². The van der Waals surface area contributed by atoms with Gasteiger partial charge in [0.25, 0.3) is 0 Å². The smallest absolute Gasteiger partial charge is 0.0438 e. The second-order valence-corrected chi connectivity index (χ2v) is 7.73. The third kappa shape index (κ3) is 2.70. The first-order chi connectivity index (χ1) is 9.92. The van der Waals surface area contributed by atoms with Gasteiger partial charge in [-0.2, -0.15) is 0 Å². The van der Waals surface area contributed by atoms with E-state index in [1.165, 1.54) is 29.7 Å². The van der Waals surface area contributed by atoms with Crippen LogP contribution in [0.15, 0.2) is 18.2 Å². The van der Waals surface area contributed by atoms with Crippen molar-refractivity contribution in [2.75, 3.05) is 18.0 Å². The molecule has 2 atom stereocenters. The number of rotatable bonds is 3. The van der Waals surface area contributed by atoms with Gasteiger partial charge in [0.2, 0.25) is 0 Å². The molecule has 2 nitrogen and oxygen atoms in total. The van der Waals surface area contributed by atoms with Crippen molar-refractivity contribution in [3.8, 4) is 0 Å². The minimum atomic E-state index is 0.293. The summed E-state index contributed by atoms with van der Waals surface area (Å²) in [5.74, 6) is 1.54. The molecule has 0 spiro atoms. The van der Waals surface area contributed by atoms with Crippen molar-refractivity contribution in [2.45, 2.75) is 59.0 Å². The Morgan fingerprint density at radius 2 is 1.95 bits per heavy atom. The van der Waals surface area contributed by atoms with Gasteiger partial charge in [0.05, 0.1) is 0 Å². The Hall–Kier alpha value is -1.02. The van der Waals surface area contributed by atoms with Gasteiger partial charge in [-0.25, -0.2) is 0 Å². The summed E-state index contributed by atoms with van der Waals surface area (Å²) in [5.41, 5.74) is 4.59. The van der Waals surface area contributed by atoms with Crippen LogP contribution in [-0.4, -0.2) is 24.7 Å². The molecule has 1 aromatic rings. The second kappa shape index (κ2) is 5.31. The topological polar surface area (TPSA) is 15.3 Å². The molecule has 1 saturated heterocycles. The highest BCUT2D eigenvalue weighted by molar-refractivity contribution is 5.57. The highest BCUT2D eigenvalue weighted by Gasteiger charge is 2.46. The van der Waals surface area contributed by atoms with Gasteiger partial charge >= 0.3 is 0 Å². The quantitative estimate of drug-likeness (QED) is 0.906. The van der Waals surface area contributed by atoms with Crippen LogP contribution < -0.4 is 10.2 Å². The molecule has 116 valence electrons. The molecule has 3 rings (SSSR count). The Kier molecular flexibility index (Phi) is 3.77. The molecule has 0 bridgehead atoms. The Balaban J connectivity index is 1.95. The van der Waals surface area contributed by atoms with Crippen LogP contribution in [0.3, 0.4) is 0 Å². The van der Waals surface area contributed by atoms with Crippen LogP contribution in [-0.2, 0) is 0 Å². The summed E-state index contributed by atoms with van der Waals surface area (Å²) in [5, 5.41) is 3.88. The van der Waals surface area contributed by atoms with Gasteiger partial charge in [-0.3, -0.25) is 0 Å². The zero-order valence-corrected chi connectivity index (χ0v) is 14.2. The first-order valence-corrected chi connectivity index (χ1v) is 8.50. The molecule has 2 unspecified atom stereocenters. The summed E-state index contributed by atoms with van der Waals surface area (Å²) in [4.78, 5) is 2.70. The molecule has 2 heteroatoms. The van der Waals surface area contributed by atoms with E-state index in [-0.39, 0.29) is 0 Å². The first-order valence-electron chi connectivity index (χ1n) is 8.50. The van der Waals surface area contributed by atoms with Gasteiger partial charge in [0.15, 0.2) is 0 Å². The number of piperazine rings is 1. The fourth-order valence-electron chi connectivity index (χ4n) is 3.88. The number of nitrogens with one attached hydrogen (secondary N) is 1. The van der Waals surface area contributed by atoms with Crippen molar-refractivity contribution in [3.63, 3.8) is 0 Å². The number of hydrogen-bond donors (Lipinski definition) is 1. The molecule has 1 saturated carbocycles. The van der Waals surface area contributed by atoms with Gasteiger partial charge in [-0.15, -0.1) is 0 Å². The van der Waals surface area contributed by atoms with Crippen molar-refractivity contribution >= 4 is 5.69 Å². The maximum absolute atomic E-state index is 3.88. The number of aryl methyl sites for hydroxylation is 1. The van der Waals surface area contributed by atoms with Crippen LogP contribution in [0.2, 0.25) is 0 Å². The predicted octanol–water partition coefficient (Wildman–Crippen LogP) is 3.91. The van der Waals surface area contributed by atoms with Gasteiger partial charge in [-0.05, 0) is 62.6 Å². The molecule has 21 heavy (non-hydrogen) atoms. The van der Waals surface area contributed by atoms with E-state index in [0.29, 0.717) is 17.5 Å². The molecule has 1 aromatic carbocycles. The molecule has 0 amide bonds. The molecule has 1 N–H and O–H groups in total. The van der Waals surface area contributed by atoms with Crippen molar-refractivity contribution in [3.05, 3.63) is 29.3 Å². The molecular formula is C19H30N2. The lowest BCUT2D eigenvalue weighted by atomic mass is 9.87. The summed E-state index contributed by atoms with van der Waals surface area (Å²) < 4.78 is 0. The molecule has 0 radical (unpaired) electrons. The number of hydrogen-bond acceptors (Lipinski definition) is 2. The van der Waals surface area contributed by atoms with Crippen LogP contribution in [0.4, 0.5) is 5.69 Å². The molecule has 1 aliphatic heterocycles. The third-order valence-corrected chi connectivity index (χ3v) is 5.75. The molecule has 1 heterocycles. The van der Waals surface area contributed by atoms with E-state index >= 15 is 0 Å². The maximum Gasteiger partial charge on any atom is 0.0438 e. The fraction of sp³-hybridized carbons (Fsp3) is 0.684. The summed E-state index contributed by atoms with van der Waals surface area (Å²) >= 11 is 0. The minimum Gasteiger partial charge on any atom is -0.365 e. The molecular weight excluding hydrogens is 256 g/mol. The van der Waals surface area contributed by atoms with Crippen molar-refractivity contribution < 1.29 is 0 Å². The summed E-state index contributed by atoms with van der Waals surface area (Å²) in [6, 6.07) is 7.35. The van der Waals surface area contributed by atoms with Gasteiger partial charge in [0, 0.05) is 30.4 Å². The van der Waals surface area contributed by atoms with E-state index in [4.69, 9.17) is 0 Å². The molecule has 2 aliphatic rings. The largest absolute Gasteiger partial charge is 0.365 e. The predicted molar refractivity (Wildman–Crippen MR) is 91.0 cm³/mol.